The Hall–Kier alpha value is -0.630. The Morgan fingerprint density at radius 3 is 2.56 bits per heavy atom. The van der Waals surface area contributed by atoms with E-state index in [2.05, 4.69) is 18.8 Å². The lowest BCUT2D eigenvalue weighted by Gasteiger charge is -2.16. The molecule has 0 aromatic carbocycles. The summed E-state index contributed by atoms with van der Waals surface area (Å²) in [7, 11) is 0. The fourth-order valence-corrected chi connectivity index (χ4v) is 2.92. The molecule has 0 amide bonds. The molecule has 0 radical (unpaired) electrons. The highest BCUT2D eigenvalue weighted by Gasteiger charge is 2.48. The number of hydrogen-bond donors (Lipinski definition) is 0. The zero-order valence-electron chi connectivity index (χ0n) is 9.89. The zero-order valence-corrected chi connectivity index (χ0v) is 10.6. The van der Waals surface area contributed by atoms with Gasteiger partial charge in [-0.1, -0.05) is 25.4 Å². The molecule has 3 heteroatoms. The van der Waals surface area contributed by atoms with Gasteiger partial charge in [-0.05, 0) is 37.5 Å². The van der Waals surface area contributed by atoms with E-state index in [0.29, 0.717) is 16.5 Å². The summed E-state index contributed by atoms with van der Waals surface area (Å²) in [6.07, 6.45) is 5.81. The van der Waals surface area contributed by atoms with Crippen LogP contribution in [0.5, 0.6) is 0 Å². The van der Waals surface area contributed by atoms with Crippen LogP contribution in [0.3, 0.4) is 0 Å². The fourth-order valence-electron chi connectivity index (χ4n) is 2.63. The van der Waals surface area contributed by atoms with Crippen LogP contribution in [0.1, 0.15) is 56.1 Å². The molecule has 2 nitrogen and oxygen atoms in total. The molecule has 0 bridgehead atoms. The molecule has 1 aromatic heterocycles. The van der Waals surface area contributed by atoms with Gasteiger partial charge in [0.25, 0.3) is 0 Å². The van der Waals surface area contributed by atoms with Gasteiger partial charge in [-0.25, -0.2) is 9.97 Å². The van der Waals surface area contributed by atoms with E-state index in [1.165, 1.54) is 30.5 Å². The first-order valence-electron chi connectivity index (χ1n) is 6.13. The standard InChI is InChI=1S/C13H17ClN2/c1-13(2)7-9(13)12-15-10-6-4-3-5-8(10)11(14)16-12/h9H,3-7H2,1-2H3. The van der Waals surface area contributed by atoms with Gasteiger partial charge in [-0.15, -0.1) is 0 Å². The van der Waals surface area contributed by atoms with Crippen LogP contribution in [0, 0.1) is 5.41 Å². The highest BCUT2D eigenvalue weighted by atomic mass is 35.5. The zero-order chi connectivity index (χ0) is 11.3. The Balaban J connectivity index is 2.00. The van der Waals surface area contributed by atoms with E-state index in [1.54, 1.807) is 0 Å². The van der Waals surface area contributed by atoms with Crippen molar-refractivity contribution in [3.05, 3.63) is 22.2 Å². The molecule has 0 N–H and O–H groups in total. The van der Waals surface area contributed by atoms with Crippen molar-refractivity contribution in [1.82, 2.24) is 9.97 Å². The molecule has 16 heavy (non-hydrogen) atoms. The van der Waals surface area contributed by atoms with Crippen molar-refractivity contribution < 1.29 is 0 Å². The third kappa shape index (κ3) is 1.64. The van der Waals surface area contributed by atoms with Crippen LogP contribution in [0.4, 0.5) is 0 Å². The number of rotatable bonds is 1. The maximum Gasteiger partial charge on any atom is 0.136 e. The van der Waals surface area contributed by atoms with Crippen molar-refractivity contribution in [2.24, 2.45) is 5.41 Å². The van der Waals surface area contributed by atoms with Crippen LogP contribution < -0.4 is 0 Å². The second kappa shape index (κ2) is 3.43. The predicted molar refractivity (Wildman–Crippen MR) is 64.8 cm³/mol. The maximum atomic E-state index is 6.26. The van der Waals surface area contributed by atoms with Gasteiger partial charge in [-0.3, -0.25) is 0 Å². The van der Waals surface area contributed by atoms with Crippen molar-refractivity contribution in [2.45, 2.75) is 51.9 Å². The Kier molecular flexibility index (Phi) is 2.25. The minimum Gasteiger partial charge on any atom is -0.237 e. The van der Waals surface area contributed by atoms with E-state index >= 15 is 0 Å². The lowest BCUT2D eigenvalue weighted by atomic mass is 9.97. The summed E-state index contributed by atoms with van der Waals surface area (Å²) in [6, 6.07) is 0. The third-order valence-electron chi connectivity index (χ3n) is 3.98. The third-order valence-corrected chi connectivity index (χ3v) is 4.29. The fraction of sp³-hybridized carbons (Fsp3) is 0.692. The van der Waals surface area contributed by atoms with Gasteiger partial charge in [0.1, 0.15) is 11.0 Å². The second-order valence-electron chi connectivity index (χ2n) is 5.75. The molecule has 0 saturated heterocycles. The van der Waals surface area contributed by atoms with Crippen molar-refractivity contribution in [1.29, 1.82) is 0 Å². The van der Waals surface area contributed by atoms with Gasteiger partial charge in [-0.2, -0.15) is 0 Å². The molecule has 1 atom stereocenters. The van der Waals surface area contributed by atoms with Crippen LogP contribution in [0.2, 0.25) is 5.15 Å². The number of fused-ring (bicyclic) bond motifs is 1. The molecule has 1 unspecified atom stereocenters. The van der Waals surface area contributed by atoms with Gasteiger partial charge in [0, 0.05) is 17.2 Å². The van der Waals surface area contributed by atoms with Gasteiger partial charge in [0.2, 0.25) is 0 Å². The number of halogens is 1. The smallest absolute Gasteiger partial charge is 0.136 e. The van der Waals surface area contributed by atoms with Gasteiger partial charge in [0.05, 0.1) is 0 Å². The first-order chi connectivity index (χ1) is 7.58. The van der Waals surface area contributed by atoms with E-state index in [1.807, 2.05) is 0 Å². The quantitative estimate of drug-likeness (QED) is 0.698. The molecule has 1 heterocycles. The number of hydrogen-bond acceptors (Lipinski definition) is 2. The van der Waals surface area contributed by atoms with E-state index < -0.39 is 0 Å². The number of aryl methyl sites for hydroxylation is 1. The SMILES string of the molecule is CC1(C)CC1c1nc(Cl)c2c(n1)CCCC2. The average molecular weight is 237 g/mol. The lowest BCUT2D eigenvalue weighted by molar-refractivity contribution is 0.598. The number of nitrogens with zero attached hydrogens (tertiary/aromatic N) is 2. The van der Waals surface area contributed by atoms with E-state index in [-0.39, 0.29) is 0 Å². The Morgan fingerprint density at radius 1 is 1.19 bits per heavy atom. The van der Waals surface area contributed by atoms with Crippen molar-refractivity contribution >= 4 is 11.6 Å². The van der Waals surface area contributed by atoms with Crippen LogP contribution in [0.25, 0.3) is 0 Å². The Labute approximate surface area is 101 Å². The molecule has 1 aromatic rings. The molecular weight excluding hydrogens is 220 g/mol. The van der Waals surface area contributed by atoms with Crippen molar-refractivity contribution in [3.8, 4) is 0 Å². The van der Waals surface area contributed by atoms with Crippen LogP contribution in [0.15, 0.2) is 0 Å². The monoisotopic (exact) mass is 236 g/mol. The van der Waals surface area contributed by atoms with Gasteiger partial charge in [0.15, 0.2) is 0 Å². The maximum absolute atomic E-state index is 6.26. The summed E-state index contributed by atoms with van der Waals surface area (Å²) in [5, 5.41) is 0.711. The first kappa shape index (κ1) is 10.5. The molecular formula is C13H17ClN2. The summed E-state index contributed by atoms with van der Waals surface area (Å²) in [5.41, 5.74) is 2.80. The summed E-state index contributed by atoms with van der Waals surface area (Å²) >= 11 is 6.26. The molecule has 1 fully saturated rings. The first-order valence-corrected chi connectivity index (χ1v) is 6.51. The molecule has 1 saturated carbocycles. The minimum absolute atomic E-state index is 0.381. The second-order valence-corrected chi connectivity index (χ2v) is 6.11. The lowest BCUT2D eigenvalue weighted by Crippen LogP contribution is -2.10. The largest absolute Gasteiger partial charge is 0.237 e. The molecule has 86 valence electrons. The molecule has 2 aliphatic carbocycles. The van der Waals surface area contributed by atoms with Gasteiger partial charge < -0.3 is 0 Å². The normalized spacial score (nSPS) is 26.3. The molecule has 0 spiro atoms. The summed E-state index contributed by atoms with van der Waals surface area (Å²) in [6.45, 7) is 4.54. The Morgan fingerprint density at radius 2 is 1.88 bits per heavy atom. The molecule has 0 aliphatic heterocycles. The summed E-state index contributed by atoms with van der Waals surface area (Å²) < 4.78 is 0. The van der Waals surface area contributed by atoms with E-state index in [0.717, 1.165) is 18.7 Å². The summed E-state index contributed by atoms with van der Waals surface area (Å²) in [5.74, 6) is 1.51. The van der Waals surface area contributed by atoms with E-state index in [9.17, 15) is 0 Å². The highest BCUT2D eigenvalue weighted by molar-refractivity contribution is 6.30. The topological polar surface area (TPSA) is 25.8 Å². The summed E-state index contributed by atoms with van der Waals surface area (Å²) in [4.78, 5) is 9.23. The highest BCUT2D eigenvalue weighted by Crippen LogP contribution is 2.57. The molecule has 2 aliphatic rings. The van der Waals surface area contributed by atoms with Crippen molar-refractivity contribution in [2.75, 3.05) is 0 Å². The van der Waals surface area contributed by atoms with Crippen molar-refractivity contribution in [3.63, 3.8) is 0 Å². The average Bonchev–Trinajstić information content (AvgIpc) is 2.88. The number of aromatic nitrogens is 2. The molecule has 3 rings (SSSR count). The van der Waals surface area contributed by atoms with E-state index in [4.69, 9.17) is 16.6 Å². The van der Waals surface area contributed by atoms with Crippen LogP contribution in [-0.2, 0) is 12.8 Å². The minimum atomic E-state index is 0.381. The van der Waals surface area contributed by atoms with Crippen LogP contribution >= 0.6 is 11.6 Å². The predicted octanol–water partition coefficient (Wildman–Crippen LogP) is 3.52. The Bertz CT molecular complexity index is 440. The van der Waals surface area contributed by atoms with Crippen LogP contribution in [-0.4, -0.2) is 9.97 Å². The van der Waals surface area contributed by atoms with Gasteiger partial charge >= 0.3 is 0 Å².